The number of aryl methyl sites for hydroxylation is 2. The number of thiazole rings is 1. The molecule has 31 heavy (non-hydrogen) atoms. The number of nitrogens with zero attached hydrogens (tertiary/aromatic N) is 3. The number of aromatic nitrogens is 3. The number of benzene rings is 1. The highest BCUT2D eigenvalue weighted by atomic mass is 32.2. The van der Waals surface area contributed by atoms with Gasteiger partial charge in [-0.3, -0.25) is 9.36 Å². The van der Waals surface area contributed by atoms with E-state index in [-0.39, 0.29) is 16.9 Å². The van der Waals surface area contributed by atoms with Crippen LogP contribution in [0.3, 0.4) is 0 Å². The van der Waals surface area contributed by atoms with E-state index in [0.29, 0.717) is 6.54 Å². The second-order valence-electron chi connectivity index (χ2n) is 8.26. The van der Waals surface area contributed by atoms with E-state index in [1.54, 1.807) is 34.4 Å². The Morgan fingerprint density at radius 3 is 2.97 bits per heavy atom. The molecule has 1 saturated heterocycles. The van der Waals surface area contributed by atoms with Crippen molar-refractivity contribution in [2.75, 3.05) is 6.61 Å². The Hall–Kier alpha value is -1.74. The third-order valence-electron chi connectivity index (χ3n) is 6.14. The van der Waals surface area contributed by atoms with Gasteiger partial charge >= 0.3 is 0 Å². The molecule has 0 amide bonds. The number of rotatable bonds is 5. The van der Waals surface area contributed by atoms with Gasteiger partial charge in [-0.2, -0.15) is 0 Å². The van der Waals surface area contributed by atoms with Gasteiger partial charge in [-0.15, -0.1) is 22.7 Å². The number of fused-ring (bicyclic) bond motifs is 4. The summed E-state index contributed by atoms with van der Waals surface area (Å²) in [4.78, 5) is 25.8. The summed E-state index contributed by atoms with van der Waals surface area (Å²) in [6.07, 6.45) is 5.39. The summed E-state index contributed by atoms with van der Waals surface area (Å²) in [7, 11) is 0. The van der Waals surface area contributed by atoms with E-state index in [2.05, 4.69) is 19.1 Å². The van der Waals surface area contributed by atoms with Crippen LogP contribution in [0.4, 0.5) is 0 Å². The molecule has 1 fully saturated rings. The van der Waals surface area contributed by atoms with E-state index in [0.717, 1.165) is 64.6 Å². The lowest BCUT2D eigenvalue weighted by atomic mass is 10.2. The first-order valence-corrected chi connectivity index (χ1v) is 13.4. The van der Waals surface area contributed by atoms with Crippen molar-refractivity contribution in [1.29, 1.82) is 0 Å². The predicted octanol–water partition coefficient (Wildman–Crippen LogP) is 5.59. The van der Waals surface area contributed by atoms with E-state index in [1.807, 2.05) is 16.7 Å². The monoisotopic (exact) mass is 469 g/mol. The molecule has 3 aromatic heterocycles. The highest BCUT2D eigenvalue weighted by Gasteiger charge is 2.26. The van der Waals surface area contributed by atoms with Crippen LogP contribution >= 0.6 is 34.4 Å². The van der Waals surface area contributed by atoms with Gasteiger partial charge in [0.25, 0.3) is 5.56 Å². The van der Waals surface area contributed by atoms with Crippen LogP contribution in [-0.4, -0.2) is 27.2 Å². The van der Waals surface area contributed by atoms with Crippen molar-refractivity contribution in [1.82, 2.24) is 14.5 Å². The molecular formula is C23H23N3O2S3. The summed E-state index contributed by atoms with van der Waals surface area (Å²) in [5.74, 6) is 0. The Bertz CT molecular complexity index is 1300. The van der Waals surface area contributed by atoms with Gasteiger partial charge in [0.2, 0.25) is 0 Å². The topological polar surface area (TPSA) is 57.0 Å². The molecular weight excluding hydrogens is 446 g/mol. The van der Waals surface area contributed by atoms with Gasteiger partial charge < -0.3 is 4.74 Å². The molecule has 2 aliphatic rings. The molecule has 5 nitrogen and oxygen atoms in total. The van der Waals surface area contributed by atoms with Crippen LogP contribution in [0.1, 0.15) is 46.9 Å². The lowest BCUT2D eigenvalue weighted by molar-refractivity contribution is 0.0937. The SMILES string of the molecule is C[C@H](Sc1nc2sc3c(c2c(=O)n1C[C@@H]1CCCO1)CCC3)c1nc2ccccc2s1. The van der Waals surface area contributed by atoms with Crippen molar-refractivity contribution in [3.8, 4) is 0 Å². The van der Waals surface area contributed by atoms with Gasteiger partial charge in [-0.1, -0.05) is 23.9 Å². The third kappa shape index (κ3) is 3.53. The standard InChI is InChI=1S/C23H23N3O2S3/c1-13(20-24-16-8-2-3-9-18(16)31-20)29-23-25-21-19(15-7-4-10-17(15)30-21)22(27)26(23)12-14-6-5-11-28-14/h2-3,8-9,13-14H,4-7,10-12H2,1H3/t13-,14-/m0/s1. The molecule has 160 valence electrons. The van der Waals surface area contributed by atoms with Gasteiger partial charge in [0, 0.05) is 11.5 Å². The van der Waals surface area contributed by atoms with Crippen LogP contribution in [0, 0.1) is 0 Å². The zero-order valence-electron chi connectivity index (χ0n) is 17.3. The Balaban J connectivity index is 1.42. The Kier molecular flexibility index (Phi) is 5.13. The highest BCUT2D eigenvalue weighted by molar-refractivity contribution is 7.99. The molecule has 1 aromatic carbocycles. The maximum absolute atomic E-state index is 13.7. The largest absolute Gasteiger partial charge is 0.376 e. The molecule has 8 heteroatoms. The Labute approximate surface area is 192 Å². The molecule has 1 aliphatic carbocycles. The first-order valence-electron chi connectivity index (χ1n) is 10.9. The first-order chi connectivity index (χ1) is 15.2. The maximum Gasteiger partial charge on any atom is 0.263 e. The molecule has 0 radical (unpaired) electrons. The zero-order chi connectivity index (χ0) is 20.9. The molecule has 6 rings (SSSR count). The average Bonchev–Trinajstić information content (AvgIpc) is 3.54. The number of thioether (sulfide) groups is 1. The van der Waals surface area contributed by atoms with E-state index >= 15 is 0 Å². The molecule has 0 N–H and O–H groups in total. The van der Waals surface area contributed by atoms with E-state index in [4.69, 9.17) is 14.7 Å². The normalized spacial score (nSPS) is 19.5. The van der Waals surface area contributed by atoms with Crippen molar-refractivity contribution in [3.63, 3.8) is 0 Å². The summed E-state index contributed by atoms with van der Waals surface area (Å²) in [5.41, 5.74) is 2.39. The summed E-state index contributed by atoms with van der Waals surface area (Å²) < 4.78 is 8.96. The fraction of sp³-hybridized carbons (Fsp3) is 0.435. The molecule has 0 spiro atoms. The molecule has 0 saturated carbocycles. The zero-order valence-corrected chi connectivity index (χ0v) is 19.7. The van der Waals surface area contributed by atoms with E-state index < -0.39 is 0 Å². The Morgan fingerprint density at radius 1 is 1.23 bits per heavy atom. The quantitative estimate of drug-likeness (QED) is 0.282. The maximum atomic E-state index is 13.7. The highest BCUT2D eigenvalue weighted by Crippen LogP contribution is 2.40. The molecule has 0 unspecified atom stereocenters. The molecule has 4 heterocycles. The van der Waals surface area contributed by atoms with Crippen molar-refractivity contribution in [2.24, 2.45) is 0 Å². The van der Waals surface area contributed by atoms with E-state index in [1.165, 1.54) is 15.1 Å². The van der Waals surface area contributed by atoms with Gasteiger partial charge in [-0.05, 0) is 56.7 Å². The van der Waals surface area contributed by atoms with Crippen molar-refractivity contribution in [3.05, 3.63) is 50.1 Å². The number of ether oxygens (including phenoxy) is 1. The predicted molar refractivity (Wildman–Crippen MR) is 129 cm³/mol. The van der Waals surface area contributed by atoms with Crippen molar-refractivity contribution in [2.45, 2.75) is 62.1 Å². The number of hydrogen-bond donors (Lipinski definition) is 0. The van der Waals surface area contributed by atoms with Crippen LogP contribution in [0.5, 0.6) is 0 Å². The lowest BCUT2D eigenvalue weighted by Crippen LogP contribution is -2.29. The minimum absolute atomic E-state index is 0.0979. The van der Waals surface area contributed by atoms with Crippen LogP contribution < -0.4 is 5.56 Å². The van der Waals surface area contributed by atoms with Gasteiger partial charge in [0.15, 0.2) is 5.16 Å². The molecule has 4 aromatic rings. The Morgan fingerprint density at radius 2 is 2.13 bits per heavy atom. The van der Waals surface area contributed by atoms with Crippen molar-refractivity contribution < 1.29 is 4.74 Å². The summed E-state index contributed by atoms with van der Waals surface area (Å²) in [6, 6.07) is 8.23. The van der Waals surface area contributed by atoms with Gasteiger partial charge in [-0.25, -0.2) is 9.97 Å². The first kappa shape index (κ1) is 19.9. The van der Waals surface area contributed by atoms with Crippen LogP contribution in [0.2, 0.25) is 0 Å². The van der Waals surface area contributed by atoms with Crippen molar-refractivity contribution >= 4 is 54.9 Å². The van der Waals surface area contributed by atoms with Gasteiger partial charge in [0.05, 0.1) is 33.5 Å². The van der Waals surface area contributed by atoms with Crippen LogP contribution in [-0.2, 0) is 24.1 Å². The molecule has 2 atom stereocenters. The second-order valence-corrected chi connectivity index (χ2v) is 11.7. The number of hydrogen-bond acceptors (Lipinski definition) is 7. The molecule has 0 bridgehead atoms. The van der Waals surface area contributed by atoms with Crippen LogP contribution in [0.15, 0.2) is 34.2 Å². The second kappa shape index (κ2) is 7.99. The summed E-state index contributed by atoms with van der Waals surface area (Å²) in [5, 5.41) is 2.83. The lowest BCUT2D eigenvalue weighted by Gasteiger charge is -2.17. The minimum atomic E-state index is 0.0979. The number of thiophene rings is 1. The van der Waals surface area contributed by atoms with Crippen LogP contribution in [0.25, 0.3) is 20.4 Å². The fourth-order valence-electron chi connectivity index (χ4n) is 4.57. The smallest absolute Gasteiger partial charge is 0.263 e. The minimum Gasteiger partial charge on any atom is -0.376 e. The fourth-order valence-corrected chi connectivity index (χ4v) is 7.97. The number of para-hydroxylation sites is 1. The van der Waals surface area contributed by atoms with E-state index in [9.17, 15) is 4.79 Å². The third-order valence-corrected chi connectivity index (χ3v) is 9.79. The summed E-state index contributed by atoms with van der Waals surface area (Å²) >= 11 is 5.07. The molecule has 1 aliphatic heterocycles. The van der Waals surface area contributed by atoms with Gasteiger partial charge in [0.1, 0.15) is 9.84 Å². The average molecular weight is 470 g/mol. The summed E-state index contributed by atoms with van der Waals surface area (Å²) in [6.45, 7) is 3.53.